The fraction of sp³-hybridized carbons (Fsp3) is 0.0357. The van der Waals surface area contributed by atoms with Crippen molar-refractivity contribution in [2.45, 2.75) is 27.2 Å². The van der Waals surface area contributed by atoms with Crippen LogP contribution in [0.5, 0.6) is 0 Å². The molecule has 0 radical (unpaired) electrons. The molecule has 8 heterocycles. The number of para-hydroxylation sites is 5. The molecule has 0 saturated heterocycles. The van der Waals surface area contributed by atoms with E-state index in [1.807, 2.05) is 250 Å². The number of fused-ring (bicyclic) bond motifs is 9. The molecule has 0 bridgehead atoms. The van der Waals surface area contributed by atoms with Crippen molar-refractivity contribution in [3.05, 3.63) is 430 Å². The zero-order valence-electron chi connectivity index (χ0n) is 70.0. The van der Waals surface area contributed by atoms with Crippen LogP contribution in [0.3, 0.4) is 0 Å². The van der Waals surface area contributed by atoms with Gasteiger partial charge in [-0.2, -0.15) is 0 Å². The van der Waals surface area contributed by atoms with Gasteiger partial charge in [-0.25, -0.2) is 29.9 Å². The van der Waals surface area contributed by atoms with E-state index >= 15 is 13.7 Å². The summed E-state index contributed by atoms with van der Waals surface area (Å²) in [6.45, 7) is 6.17. The molecule has 3 unspecified atom stereocenters. The lowest BCUT2D eigenvalue weighted by Crippen LogP contribution is -2.33. The highest BCUT2D eigenvalue weighted by atomic mass is 31.2. The fourth-order valence-corrected chi connectivity index (χ4v) is 28.4. The van der Waals surface area contributed by atoms with Crippen LogP contribution in [0.4, 0.5) is 0 Å². The molecule has 3 aliphatic rings. The Morgan fingerprint density at radius 2 is 0.562 bits per heavy atom. The highest BCUT2D eigenvalue weighted by molar-refractivity contribution is 7.87. The number of benzene rings is 17. The van der Waals surface area contributed by atoms with Crippen molar-refractivity contribution < 1.29 is 13.7 Å². The minimum absolute atomic E-state index is 0.521. The Bertz CT molecular complexity index is 7860. The van der Waals surface area contributed by atoms with Crippen LogP contribution in [0.1, 0.15) is 24.4 Å². The molecule has 16 heteroatoms. The molecule has 0 fully saturated rings. The fourth-order valence-electron chi connectivity index (χ4n) is 19.5. The standard InChI is InChI=1S/C39H28N3OP.C38H27N2OP.C35H24N5OP/c1-2-37-40-38-29(26-20-22-27(23-21-26)41-32-16-8-6-14-30(32)31-15-7-9-17-33(31)41)24-25-36-39(38)42(37)34-18-10-11-19-35(34)44(36,43)28-12-4-3-5-13-28;1-26-39-37-33(31-24-29(27-13-5-2-6-14-27)23-30(25-31)28-15-7-3-8-16-28)21-22-36-38(37)40(26)34-19-11-12-20-35(34)42(36,41)32-17-9-4-10-18-32;1-23-36-31-27(35-38-33(24-13-5-2-6-14-24)37-34(39-35)25-15-7-3-8-16-25)21-22-30-32(31)40(23)28-19-11-12-20-29(28)42(30,41)26-17-9-4-10-18-26/h3-25H,2H2,1H3;2-25H,1H3;2-22H,1H3. The molecule has 0 spiro atoms. The summed E-state index contributed by atoms with van der Waals surface area (Å²) in [5.74, 6) is 4.36. The molecule has 3 atom stereocenters. The first-order valence-electron chi connectivity index (χ1n) is 43.0. The molecule has 128 heavy (non-hydrogen) atoms. The lowest BCUT2D eigenvalue weighted by Gasteiger charge is -2.29. The Morgan fingerprint density at radius 1 is 0.242 bits per heavy atom. The summed E-state index contributed by atoms with van der Waals surface area (Å²) < 4.78 is 54.9. The highest BCUT2D eigenvalue weighted by Crippen LogP contribution is 2.55. The first-order valence-corrected chi connectivity index (χ1v) is 48.2. The molecular weight excluding hydrogens is 1630 g/mol. The Kier molecular flexibility index (Phi) is 18.8. The molecule has 610 valence electrons. The van der Waals surface area contributed by atoms with Gasteiger partial charge in [-0.05, 0) is 150 Å². The van der Waals surface area contributed by atoms with Crippen LogP contribution in [-0.2, 0) is 20.1 Å². The molecule has 13 nitrogen and oxygen atoms in total. The number of rotatable bonds is 12. The quantitative estimate of drug-likeness (QED) is 0.109. The van der Waals surface area contributed by atoms with Crippen molar-refractivity contribution in [3.8, 4) is 101 Å². The molecule has 25 rings (SSSR count). The predicted octanol–water partition coefficient (Wildman–Crippen LogP) is 23.1. The minimum atomic E-state index is -3.19. The molecule has 17 aromatic carbocycles. The third-order valence-electron chi connectivity index (χ3n) is 25.2. The zero-order valence-corrected chi connectivity index (χ0v) is 72.7. The number of hydrogen-bond donors (Lipinski definition) is 0. The van der Waals surface area contributed by atoms with Crippen molar-refractivity contribution >= 4 is 124 Å². The van der Waals surface area contributed by atoms with E-state index in [0.717, 1.165) is 189 Å². The van der Waals surface area contributed by atoms with Crippen molar-refractivity contribution in [2.75, 3.05) is 0 Å². The first-order chi connectivity index (χ1) is 62.9. The van der Waals surface area contributed by atoms with Gasteiger partial charge in [0, 0.05) is 98.4 Å². The van der Waals surface area contributed by atoms with Gasteiger partial charge in [0.1, 0.15) is 23.0 Å². The summed E-state index contributed by atoms with van der Waals surface area (Å²) in [5, 5.41) is 10.0. The molecule has 0 N–H and O–H groups in total. The van der Waals surface area contributed by atoms with Crippen LogP contribution >= 0.6 is 21.4 Å². The van der Waals surface area contributed by atoms with E-state index in [1.165, 1.54) is 21.8 Å². The monoisotopic (exact) mass is 1700 g/mol. The minimum Gasteiger partial charge on any atom is -0.309 e. The molecule has 0 aliphatic carbocycles. The topological polar surface area (TPSA) is 148 Å². The van der Waals surface area contributed by atoms with E-state index in [2.05, 4.69) is 201 Å². The van der Waals surface area contributed by atoms with Crippen molar-refractivity contribution in [1.29, 1.82) is 0 Å². The second-order valence-corrected chi connectivity index (χ2v) is 40.6. The smallest absolute Gasteiger partial charge is 0.175 e. The van der Waals surface area contributed by atoms with Gasteiger partial charge in [-0.3, -0.25) is 13.7 Å². The second kappa shape index (κ2) is 31.1. The maximum absolute atomic E-state index is 15.4. The molecule has 22 aromatic rings. The summed E-state index contributed by atoms with van der Waals surface area (Å²) >= 11 is 0. The van der Waals surface area contributed by atoms with Crippen LogP contribution in [0.15, 0.2) is 413 Å². The maximum Gasteiger partial charge on any atom is 0.175 e. The van der Waals surface area contributed by atoms with E-state index in [-0.39, 0.29) is 0 Å². The summed E-state index contributed by atoms with van der Waals surface area (Å²) in [7, 11) is -9.45. The highest BCUT2D eigenvalue weighted by Gasteiger charge is 2.44. The van der Waals surface area contributed by atoms with Gasteiger partial charge >= 0.3 is 0 Å². The van der Waals surface area contributed by atoms with E-state index < -0.39 is 21.4 Å². The van der Waals surface area contributed by atoms with Crippen LogP contribution < -0.4 is 47.7 Å². The van der Waals surface area contributed by atoms with E-state index in [1.54, 1.807) is 0 Å². The predicted molar refractivity (Wildman–Crippen MR) is 527 cm³/mol. The molecule has 5 aromatic heterocycles. The SMILES string of the molecule is CCc1nc2c(-c3ccc(-n4c5ccccc5c5ccccc54)cc3)ccc3c2n1-c1ccccc1P3(=O)c1ccccc1.Cc1nc2c(-c3cc(-c4ccccc4)cc(-c4ccccc4)c3)ccc3c2n1-c1ccccc1P3(=O)c1ccccc1.Cc1nc2c(-c3nc(-c4ccccc4)nc(-c4ccccc4)n3)ccc3c2n1-c1ccccc1P3(=O)c1ccccc1. The summed E-state index contributed by atoms with van der Waals surface area (Å²) in [4.78, 5) is 30.2. The average Bonchev–Trinajstić information content (AvgIpc) is 1.54. The Hall–Kier alpha value is -15.4. The molecule has 0 amide bonds. The third-order valence-corrected chi connectivity index (χ3v) is 34.6. The Morgan fingerprint density at radius 3 is 0.984 bits per heavy atom. The van der Waals surface area contributed by atoms with Gasteiger partial charge in [0.05, 0.1) is 55.7 Å². The summed E-state index contributed by atoms with van der Waals surface area (Å²) in [5.41, 5.74) is 22.9. The number of imidazole rings is 3. The summed E-state index contributed by atoms with van der Waals surface area (Å²) in [6, 6.07) is 140. The molecular formula is C112H79N10O3P3. The van der Waals surface area contributed by atoms with Crippen LogP contribution in [0, 0.1) is 13.8 Å². The first kappa shape index (κ1) is 77.5. The molecule has 0 saturated carbocycles. The zero-order chi connectivity index (χ0) is 85.9. The van der Waals surface area contributed by atoms with Crippen molar-refractivity contribution in [1.82, 2.24) is 48.2 Å². The summed E-state index contributed by atoms with van der Waals surface area (Å²) in [6.07, 6.45) is 0.768. The van der Waals surface area contributed by atoms with Crippen LogP contribution in [0.2, 0.25) is 0 Å². The number of aryl methyl sites for hydroxylation is 3. The lowest BCUT2D eigenvalue weighted by atomic mass is 9.93. The second-order valence-electron chi connectivity index (χ2n) is 32.5. The molecule has 3 aliphatic heterocycles. The maximum atomic E-state index is 15.4. The van der Waals surface area contributed by atoms with E-state index in [4.69, 9.17) is 29.9 Å². The van der Waals surface area contributed by atoms with Gasteiger partial charge in [0.15, 0.2) is 38.9 Å². The van der Waals surface area contributed by atoms with Gasteiger partial charge in [-0.15, -0.1) is 0 Å². The Labute approximate surface area is 739 Å². The number of hydrogen-bond acceptors (Lipinski definition) is 9. The van der Waals surface area contributed by atoms with Crippen molar-refractivity contribution in [3.63, 3.8) is 0 Å². The van der Waals surface area contributed by atoms with E-state index in [9.17, 15) is 0 Å². The lowest BCUT2D eigenvalue weighted by molar-refractivity contribution is 0.591. The Balaban J connectivity index is 0.000000110. The van der Waals surface area contributed by atoms with Gasteiger partial charge in [0.2, 0.25) is 0 Å². The largest absolute Gasteiger partial charge is 0.309 e. The van der Waals surface area contributed by atoms with Crippen molar-refractivity contribution in [2.24, 2.45) is 0 Å². The van der Waals surface area contributed by atoms with E-state index in [0.29, 0.717) is 17.5 Å². The number of aromatic nitrogens is 10. The van der Waals surface area contributed by atoms with Gasteiger partial charge in [0.25, 0.3) is 0 Å². The third kappa shape index (κ3) is 12.3. The van der Waals surface area contributed by atoms with Crippen LogP contribution in [0.25, 0.3) is 156 Å². The van der Waals surface area contributed by atoms with Gasteiger partial charge in [-0.1, -0.05) is 316 Å². The van der Waals surface area contributed by atoms with Crippen LogP contribution in [-0.4, -0.2) is 48.2 Å². The van der Waals surface area contributed by atoms with Gasteiger partial charge < -0.3 is 18.3 Å². The normalized spacial score (nSPS) is 15.5. The average molecular weight is 1710 g/mol. The number of nitrogens with zero attached hydrogens (tertiary/aromatic N) is 10.